The molecule has 2 nitrogen and oxygen atoms in total. The van der Waals surface area contributed by atoms with Gasteiger partial charge in [-0.3, -0.25) is 0 Å². The van der Waals surface area contributed by atoms with Gasteiger partial charge in [-0.05, 0) is 106 Å². The van der Waals surface area contributed by atoms with Crippen LogP contribution in [0, 0.1) is 35.5 Å². The maximum Gasteiger partial charge on any atom is 0.119 e. The van der Waals surface area contributed by atoms with Gasteiger partial charge in [0.15, 0.2) is 0 Å². The summed E-state index contributed by atoms with van der Waals surface area (Å²) in [7, 11) is 0. The van der Waals surface area contributed by atoms with Crippen LogP contribution in [0.15, 0.2) is 36.4 Å². The van der Waals surface area contributed by atoms with Gasteiger partial charge in [-0.15, -0.1) is 0 Å². The van der Waals surface area contributed by atoms with E-state index in [1.807, 2.05) is 24.3 Å². The van der Waals surface area contributed by atoms with Crippen molar-refractivity contribution in [3.63, 3.8) is 0 Å². The molecule has 0 atom stereocenters. The standard InChI is InChI=1S/C28H40O2/c1-3-21-29-27-17-19-28(20-18-27)30-22-26-15-13-25(14-16-26)8-6-5-7-24-11-9-23(4-2)10-12-24/h5,7,17-20,23-26H,3-4,9-16,21-22H2,1-2H3/t23-,24-,25-,26-. The lowest BCUT2D eigenvalue weighted by atomic mass is 9.81. The van der Waals surface area contributed by atoms with Crippen molar-refractivity contribution >= 4 is 0 Å². The molecule has 2 aliphatic rings. The van der Waals surface area contributed by atoms with Gasteiger partial charge in [-0.25, -0.2) is 0 Å². The molecule has 0 radical (unpaired) electrons. The van der Waals surface area contributed by atoms with Crippen LogP contribution in [0.2, 0.25) is 0 Å². The van der Waals surface area contributed by atoms with E-state index in [0.717, 1.165) is 43.0 Å². The van der Waals surface area contributed by atoms with Gasteiger partial charge in [0.2, 0.25) is 0 Å². The first kappa shape index (κ1) is 22.8. The normalized spacial score (nSPS) is 26.7. The monoisotopic (exact) mass is 408 g/mol. The van der Waals surface area contributed by atoms with Crippen molar-refractivity contribution in [2.75, 3.05) is 13.2 Å². The van der Waals surface area contributed by atoms with Crippen LogP contribution in [-0.2, 0) is 0 Å². The van der Waals surface area contributed by atoms with E-state index >= 15 is 0 Å². The van der Waals surface area contributed by atoms with E-state index in [1.165, 1.54) is 57.8 Å². The van der Waals surface area contributed by atoms with E-state index in [2.05, 4.69) is 37.8 Å². The van der Waals surface area contributed by atoms with Crippen molar-refractivity contribution in [3.8, 4) is 23.3 Å². The number of hydrogen-bond acceptors (Lipinski definition) is 2. The molecule has 0 N–H and O–H groups in total. The van der Waals surface area contributed by atoms with Crippen LogP contribution in [0.25, 0.3) is 0 Å². The van der Waals surface area contributed by atoms with Gasteiger partial charge in [-0.1, -0.05) is 38.2 Å². The summed E-state index contributed by atoms with van der Waals surface area (Å²) < 4.78 is 11.6. The van der Waals surface area contributed by atoms with Crippen LogP contribution in [-0.4, -0.2) is 13.2 Å². The van der Waals surface area contributed by atoms with Crippen LogP contribution in [0.4, 0.5) is 0 Å². The Kier molecular flexibility index (Phi) is 9.68. The molecular weight excluding hydrogens is 368 g/mol. The zero-order chi connectivity index (χ0) is 21.0. The van der Waals surface area contributed by atoms with Crippen molar-refractivity contribution in [2.24, 2.45) is 23.7 Å². The third-order valence-corrected chi connectivity index (χ3v) is 6.84. The van der Waals surface area contributed by atoms with Gasteiger partial charge < -0.3 is 9.47 Å². The Morgan fingerprint density at radius 1 is 0.833 bits per heavy atom. The Labute approximate surface area is 184 Å². The first-order chi connectivity index (χ1) is 14.8. The Balaban J connectivity index is 1.31. The van der Waals surface area contributed by atoms with Gasteiger partial charge >= 0.3 is 0 Å². The molecule has 164 valence electrons. The van der Waals surface area contributed by atoms with E-state index < -0.39 is 0 Å². The third kappa shape index (κ3) is 7.75. The molecule has 1 aromatic rings. The second kappa shape index (κ2) is 12.7. The first-order valence-corrected chi connectivity index (χ1v) is 12.3. The molecule has 0 heterocycles. The van der Waals surface area contributed by atoms with Gasteiger partial charge in [-0.2, -0.15) is 0 Å². The van der Waals surface area contributed by atoms with Crippen LogP contribution >= 0.6 is 0 Å². The Bertz CT molecular complexity index is 678. The molecule has 3 rings (SSSR count). The fourth-order valence-electron chi connectivity index (χ4n) is 4.68. The fourth-order valence-corrected chi connectivity index (χ4v) is 4.68. The predicted molar refractivity (Wildman–Crippen MR) is 126 cm³/mol. The summed E-state index contributed by atoms with van der Waals surface area (Å²) in [6.07, 6.45) is 17.3. The Hall–Kier alpha value is -1.88. The number of rotatable bonds is 8. The lowest BCUT2D eigenvalue weighted by Gasteiger charge is -2.25. The van der Waals surface area contributed by atoms with Crippen molar-refractivity contribution in [1.29, 1.82) is 0 Å². The highest BCUT2D eigenvalue weighted by molar-refractivity contribution is 5.31. The van der Waals surface area contributed by atoms with E-state index in [4.69, 9.17) is 9.47 Å². The molecule has 0 saturated heterocycles. The number of hydrogen-bond donors (Lipinski definition) is 0. The molecule has 30 heavy (non-hydrogen) atoms. The van der Waals surface area contributed by atoms with E-state index in [-0.39, 0.29) is 0 Å². The second-order valence-corrected chi connectivity index (χ2v) is 9.19. The molecule has 2 saturated carbocycles. The molecule has 0 bridgehead atoms. The minimum absolute atomic E-state index is 0.566. The lowest BCUT2D eigenvalue weighted by molar-refractivity contribution is 0.196. The predicted octanol–water partition coefficient (Wildman–Crippen LogP) is 7.44. The molecule has 0 aliphatic heterocycles. The summed E-state index contributed by atoms with van der Waals surface area (Å²) in [4.78, 5) is 0. The van der Waals surface area contributed by atoms with Crippen molar-refractivity contribution in [1.82, 2.24) is 0 Å². The van der Waals surface area contributed by atoms with E-state index in [0.29, 0.717) is 11.8 Å². The summed E-state index contributed by atoms with van der Waals surface area (Å²) in [5, 5.41) is 0. The SMILES string of the molecule is CCCOc1ccc(OC[C@H]2CC[C@H](C#CC=C[C@H]3CC[C@H](CC)CC3)CC2)cc1. The topological polar surface area (TPSA) is 18.5 Å². The number of benzene rings is 1. The quantitative estimate of drug-likeness (QED) is 0.416. The van der Waals surface area contributed by atoms with Crippen LogP contribution in [0.5, 0.6) is 11.5 Å². The summed E-state index contributed by atoms with van der Waals surface area (Å²) in [5.41, 5.74) is 0. The van der Waals surface area contributed by atoms with Crippen LogP contribution in [0.1, 0.15) is 78.1 Å². The third-order valence-electron chi connectivity index (χ3n) is 6.84. The molecule has 0 spiro atoms. The zero-order valence-corrected chi connectivity index (χ0v) is 19.1. The Morgan fingerprint density at radius 2 is 1.47 bits per heavy atom. The fraction of sp³-hybridized carbons (Fsp3) is 0.643. The smallest absolute Gasteiger partial charge is 0.119 e. The second-order valence-electron chi connectivity index (χ2n) is 9.19. The maximum absolute atomic E-state index is 6.02. The molecule has 2 aliphatic carbocycles. The van der Waals surface area contributed by atoms with E-state index in [9.17, 15) is 0 Å². The van der Waals surface area contributed by atoms with Crippen LogP contribution in [0.3, 0.4) is 0 Å². The summed E-state index contributed by atoms with van der Waals surface area (Å²) >= 11 is 0. The molecular formula is C28H40O2. The average molecular weight is 409 g/mol. The minimum Gasteiger partial charge on any atom is -0.494 e. The summed E-state index contributed by atoms with van der Waals surface area (Å²) in [6.45, 7) is 6.03. The number of ether oxygens (including phenoxy) is 2. The van der Waals surface area contributed by atoms with Gasteiger partial charge in [0.25, 0.3) is 0 Å². The Morgan fingerprint density at radius 3 is 2.10 bits per heavy atom. The van der Waals surface area contributed by atoms with Crippen LogP contribution < -0.4 is 9.47 Å². The maximum atomic E-state index is 6.02. The molecule has 2 fully saturated rings. The molecule has 2 heteroatoms. The van der Waals surface area contributed by atoms with Gasteiger partial charge in [0, 0.05) is 5.92 Å². The van der Waals surface area contributed by atoms with Gasteiger partial charge in [0.05, 0.1) is 13.2 Å². The molecule has 0 unspecified atom stereocenters. The molecule has 0 amide bonds. The largest absolute Gasteiger partial charge is 0.494 e. The lowest BCUT2D eigenvalue weighted by Crippen LogP contribution is -2.19. The average Bonchev–Trinajstić information content (AvgIpc) is 2.81. The highest BCUT2D eigenvalue weighted by atomic mass is 16.5. The van der Waals surface area contributed by atoms with Gasteiger partial charge in [0.1, 0.15) is 11.5 Å². The highest BCUT2D eigenvalue weighted by Gasteiger charge is 2.20. The number of allylic oxidation sites excluding steroid dienone is 2. The highest BCUT2D eigenvalue weighted by Crippen LogP contribution is 2.31. The van der Waals surface area contributed by atoms with Crippen molar-refractivity contribution in [2.45, 2.75) is 78.1 Å². The molecule has 0 aromatic heterocycles. The minimum atomic E-state index is 0.566. The first-order valence-electron chi connectivity index (χ1n) is 12.3. The summed E-state index contributed by atoms with van der Waals surface area (Å²) in [6, 6.07) is 8.03. The van der Waals surface area contributed by atoms with Crippen molar-refractivity contribution < 1.29 is 9.47 Å². The zero-order valence-electron chi connectivity index (χ0n) is 19.1. The summed E-state index contributed by atoms with van der Waals surface area (Å²) in [5.74, 6) is 11.7. The van der Waals surface area contributed by atoms with Crippen molar-refractivity contribution in [3.05, 3.63) is 36.4 Å². The molecule has 1 aromatic carbocycles. The van der Waals surface area contributed by atoms with E-state index in [1.54, 1.807) is 0 Å².